The van der Waals surface area contributed by atoms with Crippen molar-refractivity contribution in [2.24, 2.45) is 5.92 Å². The maximum atomic E-state index is 6.29. The molecular weight excluding hydrogens is 320 g/mol. The molecular formula is C20H27ClN2O. The topological polar surface area (TPSA) is 27.1 Å². The second-order valence-corrected chi connectivity index (χ2v) is 7.35. The first kappa shape index (κ1) is 17.3. The van der Waals surface area contributed by atoms with Crippen molar-refractivity contribution in [1.29, 1.82) is 0 Å². The van der Waals surface area contributed by atoms with Crippen LogP contribution >= 0.6 is 11.6 Å². The van der Waals surface area contributed by atoms with Crippen LogP contribution in [0.1, 0.15) is 55.8 Å². The number of aryl methyl sites for hydroxylation is 2. The SMILES string of the molecule is CCCc1cc(OCc2cc(C)ccc2Cl)n(CC2CCCC2)n1. The van der Waals surface area contributed by atoms with Crippen molar-refractivity contribution >= 4 is 11.6 Å². The summed E-state index contributed by atoms with van der Waals surface area (Å²) in [6.07, 6.45) is 7.42. The molecule has 0 amide bonds. The van der Waals surface area contributed by atoms with Gasteiger partial charge in [0.25, 0.3) is 0 Å². The van der Waals surface area contributed by atoms with Crippen molar-refractivity contribution in [3.63, 3.8) is 0 Å². The average Bonchev–Trinajstić information content (AvgIpc) is 3.19. The lowest BCUT2D eigenvalue weighted by atomic mass is 10.1. The fourth-order valence-corrected chi connectivity index (χ4v) is 3.65. The van der Waals surface area contributed by atoms with E-state index in [1.807, 2.05) is 12.1 Å². The summed E-state index contributed by atoms with van der Waals surface area (Å²) in [5, 5.41) is 5.53. The highest BCUT2D eigenvalue weighted by atomic mass is 35.5. The van der Waals surface area contributed by atoms with Crippen molar-refractivity contribution in [2.75, 3.05) is 0 Å². The van der Waals surface area contributed by atoms with Gasteiger partial charge in [0, 0.05) is 23.2 Å². The molecule has 1 saturated carbocycles. The maximum Gasteiger partial charge on any atom is 0.212 e. The second-order valence-electron chi connectivity index (χ2n) is 6.94. The third-order valence-corrected chi connectivity index (χ3v) is 5.15. The Bertz CT molecular complexity index is 674. The lowest BCUT2D eigenvalue weighted by Gasteiger charge is -2.13. The van der Waals surface area contributed by atoms with Crippen LogP contribution in [-0.2, 0) is 19.6 Å². The van der Waals surface area contributed by atoms with Gasteiger partial charge in [-0.3, -0.25) is 0 Å². The first-order chi connectivity index (χ1) is 11.7. The lowest BCUT2D eigenvalue weighted by Crippen LogP contribution is -2.11. The molecule has 2 aromatic rings. The first-order valence-electron chi connectivity index (χ1n) is 9.10. The number of nitrogens with zero attached hydrogens (tertiary/aromatic N) is 2. The highest BCUT2D eigenvalue weighted by Gasteiger charge is 2.19. The van der Waals surface area contributed by atoms with E-state index >= 15 is 0 Å². The van der Waals surface area contributed by atoms with Gasteiger partial charge in [-0.15, -0.1) is 0 Å². The minimum Gasteiger partial charge on any atom is -0.473 e. The smallest absolute Gasteiger partial charge is 0.212 e. The summed E-state index contributed by atoms with van der Waals surface area (Å²) < 4.78 is 8.19. The molecule has 1 heterocycles. The summed E-state index contributed by atoms with van der Waals surface area (Å²) in [4.78, 5) is 0. The third-order valence-electron chi connectivity index (χ3n) is 4.78. The Hall–Kier alpha value is -1.48. The molecule has 0 bridgehead atoms. The Balaban J connectivity index is 1.73. The highest BCUT2D eigenvalue weighted by molar-refractivity contribution is 6.31. The van der Waals surface area contributed by atoms with Crippen LogP contribution in [0, 0.1) is 12.8 Å². The average molecular weight is 347 g/mol. The molecule has 0 N–H and O–H groups in total. The molecule has 1 aliphatic rings. The standard InChI is InChI=1S/C20H27ClN2O/c1-3-6-18-12-20(23(22-18)13-16-7-4-5-8-16)24-14-17-11-15(2)9-10-19(17)21/h9-12,16H,3-8,13-14H2,1-2H3. The van der Waals surface area contributed by atoms with Gasteiger partial charge in [0.1, 0.15) is 6.61 Å². The van der Waals surface area contributed by atoms with Gasteiger partial charge in [0.15, 0.2) is 0 Å². The molecule has 0 radical (unpaired) electrons. The van der Waals surface area contributed by atoms with Gasteiger partial charge < -0.3 is 4.74 Å². The molecule has 1 aromatic carbocycles. The first-order valence-corrected chi connectivity index (χ1v) is 9.48. The van der Waals surface area contributed by atoms with Crippen LogP contribution in [0.4, 0.5) is 0 Å². The van der Waals surface area contributed by atoms with Gasteiger partial charge in [0.05, 0.1) is 5.69 Å². The van der Waals surface area contributed by atoms with E-state index in [9.17, 15) is 0 Å². The normalized spacial score (nSPS) is 15.1. The Morgan fingerprint density at radius 3 is 2.79 bits per heavy atom. The van der Waals surface area contributed by atoms with E-state index in [4.69, 9.17) is 21.4 Å². The molecule has 1 aliphatic carbocycles. The zero-order valence-electron chi connectivity index (χ0n) is 14.7. The molecule has 4 heteroatoms. The van der Waals surface area contributed by atoms with E-state index < -0.39 is 0 Å². The van der Waals surface area contributed by atoms with E-state index in [2.05, 4.69) is 30.7 Å². The van der Waals surface area contributed by atoms with Crippen molar-refractivity contribution in [1.82, 2.24) is 9.78 Å². The van der Waals surface area contributed by atoms with E-state index in [1.54, 1.807) is 0 Å². The number of hydrogen-bond acceptors (Lipinski definition) is 2. The zero-order chi connectivity index (χ0) is 16.9. The van der Waals surface area contributed by atoms with Crippen molar-refractivity contribution in [2.45, 2.75) is 65.5 Å². The summed E-state index contributed by atoms with van der Waals surface area (Å²) >= 11 is 6.29. The Kier molecular flexibility index (Phi) is 5.83. The molecule has 130 valence electrons. The molecule has 1 aromatic heterocycles. The molecule has 24 heavy (non-hydrogen) atoms. The van der Waals surface area contributed by atoms with Crippen LogP contribution in [-0.4, -0.2) is 9.78 Å². The number of rotatable bonds is 7. The monoisotopic (exact) mass is 346 g/mol. The van der Waals surface area contributed by atoms with Crippen LogP contribution in [0.3, 0.4) is 0 Å². The summed E-state index contributed by atoms with van der Waals surface area (Å²) in [7, 11) is 0. The van der Waals surface area contributed by atoms with Gasteiger partial charge in [-0.05, 0) is 38.2 Å². The van der Waals surface area contributed by atoms with Crippen LogP contribution in [0.15, 0.2) is 24.3 Å². The van der Waals surface area contributed by atoms with E-state index in [-0.39, 0.29) is 0 Å². The largest absolute Gasteiger partial charge is 0.473 e. The molecule has 0 atom stereocenters. The maximum absolute atomic E-state index is 6.29. The molecule has 0 unspecified atom stereocenters. The van der Waals surface area contributed by atoms with Crippen LogP contribution in [0.2, 0.25) is 5.02 Å². The fourth-order valence-electron chi connectivity index (χ4n) is 3.48. The van der Waals surface area contributed by atoms with Crippen molar-refractivity contribution in [3.8, 4) is 5.88 Å². The van der Waals surface area contributed by atoms with Gasteiger partial charge in [-0.25, -0.2) is 4.68 Å². The summed E-state index contributed by atoms with van der Waals surface area (Å²) in [6.45, 7) is 5.72. The van der Waals surface area contributed by atoms with Gasteiger partial charge in [-0.1, -0.05) is 55.5 Å². The van der Waals surface area contributed by atoms with E-state index in [0.717, 1.165) is 47.5 Å². The molecule has 1 fully saturated rings. The number of hydrogen-bond donors (Lipinski definition) is 0. The summed E-state index contributed by atoms with van der Waals surface area (Å²) in [6, 6.07) is 8.15. The third kappa shape index (κ3) is 4.32. The van der Waals surface area contributed by atoms with Gasteiger partial charge in [-0.2, -0.15) is 5.10 Å². The Morgan fingerprint density at radius 1 is 1.25 bits per heavy atom. The van der Waals surface area contributed by atoms with E-state index in [1.165, 1.54) is 31.2 Å². The minimum atomic E-state index is 0.489. The number of aromatic nitrogens is 2. The fraction of sp³-hybridized carbons (Fsp3) is 0.550. The number of halogens is 1. The van der Waals surface area contributed by atoms with Crippen LogP contribution < -0.4 is 4.74 Å². The predicted molar refractivity (Wildman–Crippen MR) is 98.7 cm³/mol. The predicted octanol–water partition coefficient (Wildman–Crippen LogP) is 5.57. The Morgan fingerprint density at radius 2 is 2.04 bits per heavy atom. The van der Waals surface area contributed by atoms with Crippen molar-refractivity contribution < 1.29 is 4.74 Å². The van der Waals surface area contributed by atoms with Gasteiger partial charge in [0.2, 0.25) is 5.88 Å². The minimum absolute atomic E-state index is 0.489. The quantitative estimate of drug-likeness (QED) is 0.655. The van der Waals surface area contributed by atoms with Crippen molar-refractivity contribution in [3.05, 3.63) is 46.1 Å². The summed E-state index contributed by atoms with van der Waals surface area (Å²) in [5.41, 5.74) is 3.35. The van der Waals surface area contributed by atoms with Gasteiger partial charge >= 0.3 is 0 Å². The van der Waals surface area contributed by atoms with E-state index in [0.29, 0.717) is 6.61 Å². The molecule has 3 rings (SSSR count). The number of benzene rings is 1. The van der Waals surface area contributed by atoms with Crippen LogP contribution in [0.5, 0.6) is 5.88 Å². The lowest BCUT2D eigenvalue weighted by molar-refractivity contribution is 0.261. The molecule has 0 saturated heterocycles. The number of ether oxygens (including phenoxy) is 1. The van der Waals surface area contributed by atoms with Crippen LogP contribution in [0.25, 0.3) is 0 Å². The molecule has 0 spiro atoms. The highest BCUT2D eigenvalue weighted by Crippen LogP contribution is 2.28. The molecule has 0 aliphatic heterocycles. The summed E-state index contributed by atoms with van der Waals surface area (Å²) in [5.74, 6) is 1.62. The second kappa shape index (κ2) is 8.06. The zero-order valence-corrected chi connectivity index (χ0v) is 15.5. The molecule has 3 nitrogen and oxygen atoms in total. The Labute approximate surface area is 150 Å².